The van der Waals surface area contributed by atoms with Crippen LogP contribution in [0.5, 0.6) is 0 Å². The summed E-state index contributed by atoms with van der Waals surface area (Å²) in [4.78, 5) is 10.7. The Kier molecular flexibility index (Phi) is 6.98. The molecular weight excluding hydrogens is 677 g/mol. The van der Waals surface area contributed by atoms with Crippen molar-refractivity contribution >= 4 is 21.5 Å². The second-order valence-corrected chi connectivity index (χ2v) is 16.5. The third-order valence-corrected chi connectivity index (χ3v) is 12.7. The van der Waals surface area contributed by atoms with Gasteiger partial charge in [-0.25, -0.2) is 9.97 Å². The fourth-order valence-corrected chi connectivity index (χ4v) is 9.96. The molecule has 0 atom stereocenters. The van der Waals surface area contributed by atoms with Crippen molar-refractivity contribution in [3.63, 3.8) is 0 Å². The standard InChI is InChI=1S/C54H40N2/c1-53(2)46-27-15-23-41(50(46)44-30-34-18-8-9-19-35(34)31-47(44)53)38-28-29-40(37-21-11-10-20-36(37)38)48-32-49(56-52(55-48)33-16-6-5-7-17-33)43-25-14-24-42-39-22-12-13-26-45(39)54(3,4)51(42)43/h5-32H,1-4H3. The zero-order valence-electron chi connectivity index (χ0n) is 32.1. The number of hydrogen-bond acceptors (Lipinski definition) is 2. The molecule has 0 saturated carbocycles. The summed E-state index contributed by atoms with van der Waals surface area (Å²) in [6.07, 6.45) is 0. The minimum atomic E-state index is -0.176. The molecule has 8 aromatic carbocycles. The van der Waals surface area contributed by atoms with Crippen LogP contribution in [-0.2, 0) is 10.8 Å². The summed E-state index contributed by atoms with van der Waals surface area (Å²) in [5.41, 5.74) is 18.0. The van der Waals surface area contributed by atoms with Gasteiger partial charge in [-0.15, -0.1) is 0 Å². The fraction of sp³-hybridized carbons (Fsp3) is 0.111. The average Bonchev–Trinajstić information content (AvgIpc) is 3.62. The van der Waals surface area contributed by atoms with E-state index in [1.165, 1.54) is 77.2 Å². The van der Waals surface area contributed by atoms with E-state index in [2.05, 4.69) is 191 Å². The van der Waals surface area contributed by atoms with E-state index in [-0.39, 0.29) is 10.8 Å². The zero-order valence-corrected chi connectivity index (χ0v) is 32.1. The number of fused-ring (bicyclic) bond motifs is 8. The first-order valence-electron chi connectivity index (χ1n) is 19.7. The molecule has 0 radical (unpaired) electrons. The van der Waals surface area contributed by atoms with Crippen molar-refractivity contribution in [2.45, 2.75) is 38.5 Å². The molecule has 0 saturated heterocycles. The number of hydrogen-bond donors (Lipinski definition) is 0. The fourth-order valence-electron chi connectivity index (χ4n) is 9.96. The quantitative estimate of drug-likeness (QED) is 0.181. The lowest BCUT2D eigenvalue weighted by atomic mass is 9.79. The predicted octanol–water partition coefficient (Wildman–Crippen LogP) is 14.1. The molecule has 1 heterocycles. The molecule has 2 nitrogen and oxygen atoms in total. The summed E-state index contributed by atoms with van der Waals surface area (Å²) in [5, 5.41) is 4.95. The van der Waals surface area contributed by atoms with Gasteiger partial charge >= 0.3 is 0 Å². The van der Waals surface area contributed by atoms with Crippen LogP contribution in [0.3, 0.4) is 0 Å². The molecule has 0 unspecified atom stereocenters. The lowest BCUT2D eigenvalue weighted by Gasteiger charge is -2.24. The average molecular weight is 717 g/mol. The van der Waals surface area contributed by atoms with Crippen molar-refractivity contribution in [2.24, 2.45) is 0 Å². The van der Waals surface area contributed by atoms with E-state index in [0.29, 0.717) is 0 Å². The maximum Gasteiger partial charge on any atom is 0.160 e. The maximum atomic E-state index is 5.35. The highest BCUT2D eigenvalue weighted by Crippen LogP contribution is 2.55. The van der Waals surface area contributed by atoms with Crippen LogP contribution < -0.4 is 0 Å². The first-order valence-corrected chi connectivity index (χ1v) is 19.7. The molecule has 0 aliphatic heterocycles. The summed E-state index contributed by atoms with van der Waals surface area (Å²) in [7, 11) is 0. The highest BCUT2D eigenvalue weighted by atomic mass is 14.9. The van der Waals surface area contributed by atoms with Gasteiger partial charge in [-0.3, -0.25) is 0 Å². The van der Waals surface area contributed by atoms with Gasteiger partial charge in [0.1, 0.15) is 0 Å². The maximum absolute atomic E-state index is 5.35. The van der Waals surface area contributed by atoms with Crippen molar-refractivity contribution < 1.29 is 0 Å². The van der Waals surface area contributed by atoms with Gasteiger partial charge in [-0.1, -0.05) is 179 Å². The van der Waals surface area contributed by atoms with Crippen LogP contribution >= 0.6 is 0 Å². The highest BCUT2D eigenvalue weighted by molar-refractivity contribution is 6.09. The van der Waals surface area contributed by atoms with E-state index in [9.17, 15) is 0 Å². The Bertz CT molecular complexity index is 3080. The topological polar surface area (TPSA) is 25.8 Å². The largest absolute Gasteiger partial charge is 0.228 e. The third kappa shape index (κ3) is 4.69. The van der Waals surface area contributed by atoms with E-state index >= 15 is 0 Å². The summed E-state index contributed by atoms with van der Waals surface area (Å²) in [6, 6.07) is 62.0. The van der Waals surface area contributed by atoms with E-state index in [4.69, 9.17) is 9.97 Å². The second kappa shape index (κ2) is 11.9. The molecule has 266 valence electrons. The van der Waals surface area contributed by atoms with E-state index in [0.717, 1.165) is 33.9 Å². The summed E-state index contributed by atoms with van der Waals surface area (Å²) < 4.78 is 0. The molecule has 0 spiro atoms. The van der Waals surface area contributed by atoms with Crippen LogP contribution in [0.1, 0.15) is 49.9 Å². The van der Waals surface area contributed by atoms with Crippen LogP contribution in [-0.4, -0.2) is 9.97 Å². The van der Waals surface area contributed by atoms with Gasteiger partial charge in [0.2, 0.25) is 0 Å². The normalized spacial score (nSPS) is 14.4. The van der Waals surface area contributed by atoms with Gasteiger partial charge < -0.3 is 0 Å². The zero-order chi connectivity index (χ0) is 37.8. The molecule has 0 fully saturated rings. The van der Waals surface area contributed by atoms with E-state index in [1.807, 2.05) is 6.07 Å². The minimum absolute atomic E-state index is 0.112. The van der Waals surface area contributed by atoms with E-state index < -0.39 is 0 Å². The first kappa shape index (κ1) is 32.8. The lowest BCUT2D eigenvalue weighted by Crippen LogP contribution is -2.16. The minimum Gasteiger partial charge on any atom is -0.228 e. The van der Waals surface area contributed by atoms with E-state index in [1.54, 1.807) is 0 Å². The van der Waals surface area contributed by atoms with Crippen LogP contribution in [0.2, 0.25) is 0 Å². The molecule has 11 rings (SSSR count). The summed E-state index contributed by atoms with van der Waals surface area (Å²) >= 11 is 0. The molecule has 2 heteroatoms. The van der Waals surface area contributed by atoms with Gasteiger partial charge in [-0.2, -0.15) is 0 Å². The van der Waals surface area contributed by atoms with Gasteiger partial charge in [0.05, 0.1) is 11.4 Å². The summed E-state index contributed by atoms with van der Waals surface area (Å²) in [5.74, 6) is 0.726. The van der Waals surface area contributed by atoms with Crippen molar-refractivity contribution in [3.8, 4) is 67.3 Å². The van der Waals surface area contributed by atoms with Crippen LogP contribution in [0, 0.1) is 0 Å². The van der Waals surface area contributed by atoms with Crippen LogP contribution in [0.15, 0.2) is 170 Å². The number of aromatic nitrogens is 2. The monoisotopic (exact) mass is 716 g/mol. The molecule has 0 bridgehead atoms. The predicted molar refractivity (Wildman–Crippen MR) is 234 cm³/mol. The SMILES string of the molecule is CC1(C)c2cc3ccccc3cc2-c2c(-c3ccc(-c4cc(-c5cccc6c5C(C)(C)c5ccccc5-6)nc(-c5ccccc5)n4)c4ccccc34)cccc21. The molecule has 9 aromatic rings. The smallest absolute Gasteiger partial charge is 0.160 e. The highest BCUT2D eigenvalue weighted by Gasteiger charge is 2.39. The molecule has 2 aliphatic rings. The second-order valence-electron chi connectivity index (χ2n) is 16.5. The molecule has 2 aliphatic carbocycles. The van der Waals surface area contributed by atoms with Crippen LogP contribution in [0.4, 0.5) is 0 Å². The Balaban J connectivity index is 1.13. The number of benzene rings is 8. The van der Waals surface area contributed by atoms with Crippen molar-refractivity contribution in [1.82, 2.24) is 9.97 Å². The molecule has 0 N–H and O–H groups in total. The number of nitrogens with zero attached hydrogens (tertiary/aromatic N) is 2. The number of rotatable bonds is 4. The third-order valence-electron chi connectivity index (χ3n) is 12.7. The van der Waals surface area contributed by atoms with Crippen molar-refractivity contribution in [1.29, 1.82) is 0 Å². The van der Waals surface area contributed by atoms with Gasteiger partial charge in [-0.05, 0) is 95.4 Å². The Hall–Kier alpha value is -6.64. The molecule has 1 aromatic heterocycles. The summed E-state index contributed by atoms with van der Waals surface area (Å²) in [6.45, 7) is 9.43. The Morgan fingerprint density at radius 2 is 0.929 bits per heavy atom. The Morgan fingerprint density at radius 3 is 1.73 bits per heavy atom. The van der Waals surface area contributed by atoms with Gasteiger partial charge in [0, 0.05) is 27.5 Å². The van der Waals surface area contributed by atoms with Gasteiger partial charge in [0.25, 0.3) is 0 Å². The Morgan fingerprint density at radius 1 is 0.357 bits per heavy atom. The molecule has 0 amide bonds. The molecular formula is C54H40N2. The van der Waals surface area contributed by atoms with Crippen molar-refractivity contribution in [2.75, 3.05) is 0 Å². The van der Waals surface area contributed by atoms with Crippen molar-refractivity contribution in [3.05, 3.63) is 192 Å². The lowest BCUT2D eigenvalue weighted by molar-refractivity contribution is 0.661. The van der Waals surface area contributed by atoms with Gasteiger partial charge in [0.15, 0.2) is 5.82 Å². The van der Waals surface area contributed by atoms with Crippen LogP contribution in [0.25, 0.3) is 88.8 Å². The Labute approximate surface area is 328 Å². The molecule has 56 heavy (non-hydrogen) atoms. The first-order chi connectivity index (χ1) is 27.3.